The van der Waals surface area contributed by atoms with E-state index >= 15 is 0 Å². The first-order chi connectivity index (χ1) is 9.30. The molecule has 2 aromatic heterocycles. The van der Waals surface area contributed by atoms with Gasteiger partial charge in [0.1, 0.15) is 21.6 Å². The van der Waals surface area contributed by atoms with Gasteiger partial charge in [0.25, 0.3) is 0 Å². The third-order valence-electron chi connectivity index (χ3n) is 2.65. The Morgan fingerprint density at radius 2 is 2.05 bits per heavy atom. The topological polar surface area (TPSA) is 63.4 Å². The van der Waals surface area contributed by atoms with Gasteiger partial charge in [0.05, 0.1) is 11.6 Å². The van der Waals surface area contributed by atoms with E-state index in [4.69, 9.17) is 27.6 Å². The Hall–Kier alpha value is -1.08. The van der Waals surface area contributed by atoms with Gasteiger partial charge in [-0.05, 0) is 25.1 Å². The van der Waals surface area contributed by atoms with Crippen molar-refractivity contribution in [2.75, 3.05) is 7.05 Å². The van der Waals surface area contributed by atoms with Gasteiger partial charge in [0.15, 0.2) is 0 Å². The lowest BCUT2D eigenvalue weighted by Gasteiger charge is -2.15. The van der Waals surface area contributed by atoms with E-state index in [0.29, 0.717) is 5.76 Å². The van der Waals surface area contributed by atoms with Gasteiger partial charge in [-0.3, -0.25) is 0 Å². The summed E-state index contributed by atoms with van der Waals surface area (Å²) in [6, 6.07) is 4.78. The van der Waals surface area contributed by atoms with Crippen molar-refractivity contribution >= 4 is 33.2 Å². The first kappa shape index (κ1) is 15.3. The van der Waals surface area contributed by atoms with Crippen LogP contribution < -0.4 is 0 Å². The Morgan fingerprint density at radius 3 is 2.60 bits per heavy atom. The molecule has 0 amide bonds. The molecule has 108 valence electrons. The lowest BCUT2D eigenvalue weighted by atomic mass is 10.4. The normalized spacial score (nSPS) is 12.1. The minimum atomic E-state index is -3.70. The Kier molecular flexibility index (Phi) is 4.39. The van der Waals surface area contributed by atoms with E-state index < -0.39 is 10.0 Å². The molecule has 2 rings (SSSR count). The second-order valence-electron chi connectivity index (χ2n) is 4.22. The van der Waals surface area contributed by atoms with Crippen LogP contribution >= 0.6 is 23.2 Å². The minimum Gasteiger partial charge on any atom is -0.465 e. The zero-order valence-corrected chi connectivity index (χ0v) is 13.1. The Labute approximate surface area is 127 Å². The Balaban J connectivity index is 2.27. The number of furan rings is 1. The Morgan fingerprint density at radius 1 is 1.35 bits per heavy atom. The molecule has 0 aliphatic carbocycles. The minimum absolute atomic E-state index is 0.0160. The molecule has 0 fully saturated rings. The first-order valence-electron chi connectivity index (χ1n) is 5.63. The number of halogens is 2. The summed E-state index contributed by atoms with van der Waals surface area (Å²) in [4.78, 5) is 3.73. The zero-order chi connectivity index (χ0) is 14.9. The van der Waals surface area contributed by atoms with Crippen molar-refractivity contribution in [2.45, 2.75) is 18.4 Å². The quantitative estimate of drug-likeness (QED) is 0.806. The van der Waals surface area contributed by atoms with Gasteiger partial charge in [-0.25, -0.2) is 13.4 Å². The largest absolute Gasteiger partial charge is 0.465 e. The van der Waals surface area contributed by atoms with Crippen LogP contribution in [0.5, 0.6) is 0 Å². The maximum absolute atomic E-state index is 12.3. The van der Waals surface area contributed by atoms with Gasteiger partial charge in [0.2, 0.25) is 10.0 Å². The summed E-state index contributed by atoms with van der Waals surface area (Å²) < 4.78 is 31.2. The van der Waals surface area contributed by atoms with Crippen LogP contribution in [-0.4, -0.2) is 24.8 Å². The van der Waals surface area contributed by atoms with Crippen LogP contribution in [0.4, 0.5) is 0 Å². The predicted molar refractivity (Wildman–Crippen MR) is 76.4 cm³/mol. The van der Waals surface area contributed by atoms with Crippen LogP contribution in [0.2, 0.25) is 10.2 Å². The van der Waals surface area contributed by atoms with Crippen LogP contribution in [0.1, 0.15) is 11.5 Å². The SMILES string of the molecule is Cc1ccc(CN(C)S(=O)(=O)c2cnc(Cl)c(Cl)c2)o1. The van der Waals surface area contributed by atoms with E-state index in [9.17, 15) is 8.42 Å². The molecule has 0 atom stereocenters. The molecule has 2 aromatic rings. The molecule has 0 N–H and O–H groups in total. The molecule has 0 saturated carbocycles. The Bertz CT molecular complexity index is 728. The summed E-state index contributed by atoms with van der Waals surface area (Å²) in [5, 5.41) is 0.157. The third-order valence-corrected chi connectivity index (χ3v) is 5.11. The molecular weight excluding hydrogens is 323 g/mol. The summed E-state index contributed by atoms with van der Waals surface area (Å²) >= 11 is 11.5. The third kappa shape index (κ3) is 3.15. The molecule has 0 unspecified atom stereocenters. The molecule has 5 nitrogen and oxygen atoms in total. The highest BCUT2D eigenvalue weighted by molar-refractivity contribution is 7.89. The fourth-order valence-corrected chi connectivity index (χ4v) is 3.04. The van der Waals surface area contributed by atoms with E-state index in [-0.39, 0.29) is 21.6 Å². The maximum Gasteiger partial charge on any atom is 0.244 e. The van der Waals surface area contributed by atoms with Gasteiger partial charge in [-0.2, -0.15) is 4.31 Å². The lowest BCUT2D eigenvalue weighted by molar-refractivity contribution is 0.397. The van der Waals surface area contributed by atoms with Gasteiger partial charge >= 0.3 is 0 Å². The van der Waals surface area contributed by atoms with Crippen molar-refractivity contribution in [1.82, 2.24) is 9.29 Å². The number of nitrogens with zero attached hydrogens (tertiary/aromatic N) is 2. The van der Waals surface area contributed by atoms with Gasteiger partial charge in [0, 0.05) is 13.2 Å². The monoisotopic (exact) mass is 334 g/mol. The number of aryl methyl sites for hydroxylation is 1. The highest BCUT2D eigenvalue weighted by Gasteiger charge is 2.23. The highest BCUT2D eigenvalue weighted by Crippen LogP contribution is 2.24. The smallest absolute Gasteiger partial charge is 0.244 e. The van der Waals surface area contributed by atoms with Crippen LogP contribution in [-0.2, 0) is 16.6 Å². The van der Waals surface area contributed by atoms with Crippen molar-refractivity contribution in [3.05, 3.63) is 46.1 Å². The van der Waals surface area contributed by atoms with Crippen LogP contribution in [0.15, 0.2) is 33.7 Å². The molecular formula is C12H12Cl2N2O3S. The van der Waals surface area contributed by atoms with E-state index in [1.54, 1.807) is 19.1 Å². The second kappa shape index (κ2) is 5.73. The number of sulfonamides is 1. The summed E-state index contributed by atoms with van der Waals surface area (Å²) in [5.74, 6) is 1.28. The summed E-state index contributed by atoms with van der Waals surface area (Å²) in [5.41, 5.74) is 0. The van der Waals surface area contributed by atoms with Gasteiger partial charge in [-0.1, -0.05) is 23.2 Å². The van der Waals surface area contributed by atoms with Crippen LogP contribution in [0.3, 0.4) is 0 Å². The molecule has 20 heavy (non-hydrogen) atoms. The molecule has 0 aromatic carbocycles. The fraction of sp³-hybridized carbons (Fsp3) is 0.250. The molecule has 0 saturated heterocycles. The number of pyridine rings is 1. The second-order valence-corrected chi connectivity index (χ2v) is 7.03. The van der Waals surface area contributed by atoms with Crippen molar-refractivity contribution in [2.24, 2.45) is 0 Å². The number of hydrogen-bond acceptors (Lipinski definition) is 4. The molecule has 0 bridgehead atoms. The van der Waals surface area contributed by atoms with Crippen molar-refractivity contribution in [1.29, 1.82) is 0 Å². The molecule has 0 aliphatic heterocycles. The fourth-order valence-electron chi connectivity index (χ4n) is 1.60. The summed E-state index contributed by atoms with van der Waals surface area (Å²) in [7, 11) is -2.25. The molecule has 0 radical (unpaired) electrons. The predicted octanol–water partition coefficient (Wildman–Crippen LogP) is 3.11. The van der Waals surface area contributed by atoms with Gasteiger partial charge < -0.3 is 4.42 Å². The standard InChI is InChI=1S/C12H12Cl2N2O3S/c1-8-3-4-9(19-8)7-16(2)20(17,18)10-5-11(13)12(14)15-6-10/h3-6H,7H2,1-2H3. The highest BCUT2D eigenvalue weighted by atomic mass is 35.5. The average molecular weight is 335 g/mol. The van der Waals surface area contributed by atoms with Crippen molar-refractivity contribution in [3.8, 4) is 0 Å². The molecule has 0 spiro atoms. The molecule has 8 heteroatoms. The van der Waals surface area contributed by atoms with E-state index in [0.717, 1.165) is 10.1 Å². The van der Waals surface area contributed by atoms with Gasteiger partial charge in [-0.15, -0.1) is 0 Å². The number of aromatic nitrogens is 1. The zero-order valence-electron chi connectivity index (χ0n) is 10.8. The van der Waals surface area contributed by atoms with Crippen LogP contribution in [0, 0.1) is 6.92 Å². The summed E-state index contributed by atoms with van der Waals surface area (Å²) in [6.07, 6.45) is 1.17. The number of hydrogen-bond donors (Lipinski definition) is 0. The first-order valence-corrected chi connectivity index (χ1v) is 7.83. The van der Waals surface area contributed by atoms with Crippen LogP contribution in [0.25, 0.3) is 0 Å². The maximum atomic E-state index is 12.3. The molecule has 2 heterocycles. The van der Waals surface area contributed by atoms with E-state index in [1.807, 2.05) is 0 Å². The van der Waals surface area contributed by atoms with Crippen molar-refractivity contribution < 1.29 is 12.8 Å². The lowest BCUT2D eigenvalue weighted by Crippen LogP contribution is -2.26. The summed E-state index contributed by atoms with van der Waals surface area (Å²) in [6.45, 7) is 1.91. The number of rotatable bonds is 4. The van der Waals surface area contributed by atoms with E-state index in [1.165, 1.54) is 19.3 Å². The van der Waals surface area contributed by atoms with E-state index in [2.05, 4.69) is 4.98 Å². The average Bonchev–Trinajstić information content (AvgIpc) is 2.78. The molecule has 0 aliphatic rings. The van der Waals surface area contributed by atoms with Crippen molar-refractivity contribution in [3.63, 3.8) is 0 Å².